The molecule has 0 bridgehead atoms. The van der Waals surface area contributed by atoms with Crippen LogP contribution in [0, 0.1) is 0 Å². The minimum atomic E-state index is 1.05. The molecule has 0 aliphatic rings. The van der Waals surface area contributed by atoms with Gasteiger partial charge in [0.15, 0.2) is 0 Å². The molecule has 3 rings (SSSR count). The zero-order chi connectivity index (χ0) is 12.5. The lowest BCUT2D eigenvalue weighted by atomic mass is 10.2. The van der Waals surface area contributed by atoms with Crippen LogP contribution in [0.2, 0.25) is 0 Å². The van der Waals surface area contributed by atoms with E-state index < -0.39 is 0 Å². The van der Waals surface area contributed by atoms with E-state index in [0.29, 0.717) is 0 Å². The number of rotatable bonds is 2. The molecule has 0 aliphatic carbocycles. The molecule has 1 nitrogen and oxygen atoms in total. The zero-order valence-electron chi connectivity index (χ0n) is 9.06. The van der Waals surface area contributed by atoms with E-state index in [1.807, 2.05) is 12.1 Å². The minimum absolute atomic E-state index is 1.05. The molecule has 0 N–H and O–H groups in total. The van der Waals surface area contributed by atoms with Crippen LogP contribution >= 0.6 is 54.5 Å². The average molecular weight is 401 g/mol. The third-order valence-corrected chi connectivity index (χ3v) is 5.49. The molecule has 0 saturated heterocycles. The van der Waals surface area contributed by atoms with Crippen molar-refractivity contribution in [2.75, 3.05) is 0 Å². The van der Waals surface area contributed by atoms with E-state index in [4.69, 9.17) is 4.98 Å². The summed E-state index contributed by atoms with van der Waals surface area (Å²) in [6, 6.07) is 10.3. The Hall–Kier alpha value is -0.490. The average Bonchev–Trinajstić information content (AvgIpc) is 2.97. The number of hydrogen-bond donors (Lipinski definition) is 0. The maximum atomic E-state index is 4.69. The first kappa shape index (κ1) is 12.5. The van der Waals surface area contributed by atoms with Crippen LogP contribution in [0.25, 0.3) is 21.1 Å². The number of thiophene rings is 1. The number of benzene rings is 1. The van der Waals surface area contributed by atoms with E-state index in [0.717, 1.165) is 25.2 Å². The lowest BCUT2D eigenvalue weighted by Gasteiger charge is -1.96. The fraction of sp³-hybridized carbons (Fsp3) is 0. The summed E-state index contributed by atoms with van der Waals surface area (Å²) in [5, 5.41) is 5.23. The van der Waals surface area contributed by atoms with Gasteiger partial charge in [0.1, 0.15) is 5.01 Å². The Morgan fingerprint density at radius 2 is 1.83 bits per heavy atom. The third kappa shape index (κ3) is 2.59. The van der Waals surface area contributed by atoms with Gasteiger partial charge in [-0.1, -0.05) is 28.1 Å². The van der Waals surface area contributed by atoms with Gasteiger partial charge in [-0.05, 0) is 34.1 Å². The number of thiazole rings is 1. The van der Waals surface area contributed by atoms with Crippen LogP contribution in [0.15, 0.2) is 50.0 Å². The van der Waals surface area contributed by atoms with Crippen LogP contribution in [-0.2, 0) is 0 Å². The molecule has 5 heteroatoms. The molecule has 0 unspecified atom stereocenters. The van der Waals surface area contributed by atoms with Crippen LogP contribution in [-0.4, -0.2) is 4.98 Å². The Labute approximate surface area is 130 Å². The summed E-state index contributed by atoms with van der Waals surface area (Å²) in [5.41, 5.74) is 2.20. The van der Waals surface area contributed by atoms with Gasteiger partial charge < -0.3 is 0 Å². The highest BCUT2D eigenvalue weighted by molar-refractivity contribution is 9.10. The fourth-order valence-corrected chi connectivity index (χ4v) is 4.27. The first-order chi connectivity index (χ1) is 8.72. The molecule has 2 aromatic heterocycles. The molecule has 2 heterocycles. The van der Waals surface area contributed by atoms with Gasteiger partial charge in [0, 0.05) is 25.3 Å². The monoisotopic (exact) mass is 399 g/mol. The molecule has 18 heavy (non-hydrogen) atoms. The van der Waals surface area contributed by atoms with Gasteiger partial charge in [0.2, 0.25) is 0 Å². The van der Waals surface area contributed by atoms with E-state index in [9.17, 15) is 0 Å². The van der Waals surface area contributed by atoms with E-state index in [1.54, 1.807) is 22.7 Å². The maximum absolute atomic E-state index is 4.69. The van der Waals surface area contributed by atoms with Crippen LogP contribution in [0.5, 0.6) is 0 Å². The fourth-order valence-electron chi connectivity index (χ4n) is 1.59. The standard InChI is InChI=1S/C13H7Br2NS2/c14-9-3-1-2-8(4-9)13-16-11(7-18-13)12-5-10(15)6-17-12/h1-7H. The normalized spacial score (nSPS) is 10.8. The second kappa shape index (κ2) is 5.25. The zero-order valence-corrected chi connectivity index (χ0v) is 13.9. The van der Waals surface area contributed by atoms with Crippen molar-refractivity contribution in [3.8, 4) is 21.1 Å². The summed E-state index contributed by atoms with van der Waals surface area (Å²) in [5.74, 6) is 0. The first-order valence-electron chi connectivity index (χ1n) is 5.18. The summed E-state index contributed by atoms with van der Waals surface area (Å²) < 4.78 is 2.19. The van der Waals surface area contributed by atoms with Crippen molar-refractivity contribution in [2.45, 2.75) is 0 Å². The molecular weight excluding hydrogens is 394 g/mol. The van der Waals surface area contributed by atoms with Crippen molar-refractivity contribution in [1.29, 1.82) is 0 Å². The number of nitrogens with zero attached hydrogens (tertiary/aromatic N) is 1. The maximum Gasteiger partial charge on any atom is 0.124 e. The molecule has 0 amide bonds. The molecule has 0 atom stereocenters. The van der Waals surface area contributed by atoms with Crippen LogP contribution in [0.3, 0.4) is 0 Å². The summed E-state index contributed by atoms with van der Waals surface area (Å²) in [4.78, 5) is 5.89. The molecule has 0 spiro atoms. The molecule has 0 saturated carbocycles. The van der Waals surface area contributed by atoms with E-state index in [-0.39, 0.29) is 0 Å². The Bertz CT molecular complexity index is 688. The summed E-state index contributed by atoms with van der Waals surface area (Å²) >= 11 is 10.3. The summed E-state index contributed by atoms with van der Waals surface area (Å²) in [6.45, 7) is 0. The molecule has 90 valence electrons. The Balaban J connectivity index is 1.99. The quantitative estimate of drug-likeness (QED) is 0.509. The molecule has 0 radical (unpaired) electrons. The number of hydrogen-bond acceptors (Lipinski definition) is 3. The summed E-state index contributed by atoms with van der Waals surface area (Å²) in [7, 11) is 0. The molecular formula is C13H7Br2NS2. The smallest absolute Gasteiger partial charge is 0.124 e. The lowest BCUT2D eigenvalue weighted by molar-refractivity contribution is 1.42. The van der Waals surface area contributed by atoms with E-state index in [1.165, 1.54) is 4.88 Å². The molecule has 3 aromatic rings. The second-order valence-electron chi connectivity index (χ2n) is 3.68. The predicted octanol–water partition coefficient (Wildman–Crippen LogP) is 6.06. The molecule has 1 aromatic carbocycles. The minimum Gasteiger partial charge on any atom is -0.235 e. The van der Waals surface area contributed by atoms with Gasteiger partial charge in [0.25, 0.3) is 0 Å². The van der Waals surface area contributed by atoms with Gasteiger partial charge in [-0.15, -0.1) is 22.7 Å². The van der Waals surface area contributed by atoms with Crippen molar-refractivity contribution >= 4 is 54.5 Å². The number of halogens is 2. The third-order valence-electron chi connectivity index (χ3n) is 2.40. The van der Waals surface area contributed by atoms with Crippen molar-refractivity contribution in [2.24, 2.45) is 0 Å². The second-order valence-corrected chi connectivity index (χ2v) is 7.28. The topological polar surface area (TPSA) is 12.9 Å². The Morgan fingerprint density at radius 1 is 0.944 bits per heavy atom. The highest BCUT2D eigenvalue weighted by Crippen LogP contribution is 2.34. The van der Waals surface area contributed by atoms with Crippen LogP contribution < -0.4 is 0 Å². The first-order valence-corrected chi connectivity index (χ1v) is 8.53. The van der Waals surface area contributed by atoms with Crippen molar-refractivity contribution in [3.05, 3.63) is 50.0 Å². The Kier molecular flexibility index (Phi) is 3.66. The van der Waals surface area contributed by atoms with Gasteiger partial charge >= 0.3 is 0 Å². The van der Waals surface area contributed by atoms with Gasteiger partial charge in [-0.3, -0.25) is 0 Å². The number of aromatic nitrogens is 1. The van der Waals surface area contributed by atoms with Crippen molar-refractivity contribution < 1.29 is 0 Å². The van der Waals surface area contributed by atoms with Gasteiger partial charge in [-0.25, -0.2) is 4.98 Å². The molecule has 0 fully saturated rings. The van der Waals surface area contributed by atoms with E-state index in [2.05, 4.69) is 60.8 Å². The van der Waals surface area contributed by atoms with Gasteiger partial charge in [0.05, 0.1) is 10.6 Å². The Morgan fingerprint density at radius 3 is 2.56 bits per heavy atom. The lowest BCUT2D eigenvalue weighted by Crippen LogP contribution is -1.77. The summed E-state index contributed by atoms with van der Waals surface area (Å²) in [6.07, 6.45) is 0. The van der Waals surface area contributed by atoms with Crippen LogP contribution in [0.1, 0.15) is 0 Å². The highest BCUT2D eigenvalue weighted by atomic mass is 79.9. The largest absolute Gasteiger partial charge is 0.235 e. The van der Waals surface area contributed by atoms with Crippen LogP contribution in [0.4, 0.5) is 0 Å². The van der Waals surface area contributed by atoms with Crippen molar-refractivity contribution in [3.63, 3.8) is 0 Å². The van der Waals surface area contributed by atoms with Gasteiger partial charge in [-0.2, -0.15) is 0 Å². The highest BCUT2D eigenvalue weighted by Gasteiger charge is 2.08. The molecule has 0 aliphatic heterocycles. The SMILES string of the molecule is Brc1cccc(-c2nc(-c3cc(Br)cs3)cs2)c1. The predicted molar refractivity (Wildman–Crippen MR) is 86.3 cm³/mol. The van der Waals surface area contributed by atoms with E-state index >= 15 is 0 Å². The van der Waals surface area contributed by atoms with Crippen molar-refractivity contribution in [1.82, 2.24) is 4.98 Å².